The molecule has 19 heavy (non-hydrogen) atoms. The van der Waals surface area contributed by atoms with E-state index in [0.717, 1.165) is 42.3 Å². The van der Waals surface area contributed by atoms with Crippen molar-refractivity contribution in [2.24, 2.45) is 0 Å². The van der Waals surface area contributed by atoms with E-state index in [1.54, 1.807) is 14.2 Å². The summed E-state index contributed by atoms with van der Waals surface area (Å²) in [5, 5.41) is 3.16. The molecule has 0 spiro atoms. The number of rotatable bonds is 7. The molecule has 0 amide bonds. The Labute approximate surface area is 116 Å². The molecule has 0 saturated heterocycles. The third-order valence-corrected chi connectivity index (χ3v) is 3.48. The lowest BCUT2D eigenvalue weighted by molar-refractivity contribution is 0.316. The Morgan fingerprint density at radius 1 is 1.16 bits per heavy atom. The molecule has 0 bridgehead atoms. The Hall–Kier alpha value is -1.26. The summed E-state index contributed by atoms with van der Waals surface area (Å²) in [6.07, 6.45) is 0. The van der Waals surface area contributed by atoms with Crippen LogP contribution in [0, 0.1) is 13.8 Å². The lowest BCUT2D eigenvalue weighted by atomic mass is 10.0. The molecule has 1 aromatic carbocycles. The van der Waals surface area contributed by atoms with Crippen LogP contribution >= 0.6 is 0 Å². The molecule has 0 aromatic heterocycles. The minimum atomic E-state index is 0.850. The van der Waals surface area contributed by atoms with Crippen molar-refractivity contribution >= 4 is 0 Å². The number of nitrogens with one attached hydrogen (secondary N) is 1. The predicted molar refractivity (Wildman–Crippen MR) is 79.3 cm³/mol. The Morgan fingerprint density at radius 3 is 2.37 bits per heavy atom. The quantitative estimate of drug-likeness (QED) is 0.818. The van der Waals surface area contributed by atoms with Crippen molar-refractivity contribution in [3.05, 3.63) is 22.8 Å². The summed E-state index contributed by atoms with van der Waals surface area (Å²) in [4.78, 5) is 2.27. The van der Waals surface area contributed by atoms with Gasteiger partial charge in [-0.3, -0.25) is 0 Å². The molecule has 0 radical (unpaired) electrons. The standard InChI is InChI=1S/C15H26N2O2/c1-11-12(2)15(19-6)13(9-14(11)18-5)10-17(4)8-7-16-3/h9,16H,7-8,10H2,1-6H3. The van der Waals surface area contributed by atoms with Crippen molar-refractivity contribution in [3.8, 4) is 11.5 Å². The van der Waals surface area contributed by atoms with E-state index in [1.807, 2.05) is 7.05 Å². The van der Waals surface area contributed by atoms with Gasteiger partial charge in [-0.2, -0.15) is 0 Å². The zero-order chi connectivity index (χ0) is 14.4. The number of hydrogen-bond acceptors (Lipinski definition) is 4. The number of nitrogens with zero attached hydrogens (tertiary/aromatic N) is 1. The number of benzene rings is 1. The summed E-state index contributed by atoms with van der Waals surface area (Å²) >= 11 is 0. The maximum atomic E-state index is 5.56. The highest BCUT2D eigenvalue weighted by Crippen LogP contribution is 2.33. The third-order valence-electron chi connectivity index (χ3n) is 3.48. The van der Waals surface area contributed by atoms with E-state index < -0.39 is 0 Å². The average Bonchev–Trinajstić information content (AvgIpc) is 2.40. The summed E-state index contributed by atoms with van der Waals surface area (Å²) in [7, 11) is 7.51. The van der Waals surface area contributed by atoms with Gasteiger partial charge in [0, 0.05) is 25.2 Å². The molecule has 108 valence electrons. The Kier molecular flexibility index (Phi) is 6.12. The molecule has 1 aromatic rings. The molecule has 0 heterocycles. The normalized spacial score (nSPS) is 10.9. The Balaban J connectivity index is 3.01. The van der Waals surface area contributed by atoms with Crippen LogP contribution in [-0.4, -0.2) is 46.3 Å². The summed E-state index contributed by atoms with van der Waals surface area (Å²) in [6, 6.07) is 2.08. The largest absolute Gasteiger partial charge is 0.496 e. The van der Waals surface area contributed by atoms with E-state index in [0.29, 0.717) is 0 Å². The highest BCUT2D eigenvalue weighted by atomic mass is 16.5. The van der Waals surface area contributed by atoms with Gasteiger partial charge in [-0.15, -0.1) is 0 Å². The highest BCUT2D eigenvalue weighted by molar-refractivity contribution is 5.52. The fourth-order valence-electron chi connectivity index (χ4n) is 2.21. The van der Waals surface area contributed by atoms with Crippen LogP contribution in [0.4, 0.5) is 0 Å². The van der Waals surface area contributed by atoms with Crippen LogP contribution in [0.25, 0.3) is 0 Å². The summed E-state index contributed by atoms with van der Waals surface area (Å²) < 4.78 is 11.0. The van der Waals surface area contributed by atoms with Gasteiger partial charge in [0.15, 0.2) is 0 Å². The molecule has 0 aliphatic carbocycles. The molecular weight excluding hydrogens is 240 g/mol. The molecule has 1 N–H and O–H groups in total. The van der Waals surface area contributed by atoms with E-state index >= 15 is 0 Å². The van der Waals surface area contributed by atoms with Gasteiger partial charge in [0.25, 0.3) is 0 Å². The van der Waals surface area contributed by atoms with Crippen LogP contribution in [0.15, 0.2) is 6.07 Å². The fraction of sp³-hybridized carbons (Fsp3) is 0.600. The lowest BCUT2D eigenvalue weighted by Gasteiger charge is -2.21. The number of likely N-dealkylation sites (N-methyl/N-ethyl adjacent to an activating group) is 2. The second-order valence-electron chi connectivity index (χ2n) is 4.86. The molecule has 0 fully saturated rings. The average molecular weight is 266 g/mol. The maximum Gasteiger partial charge on any atom is 0.126 e. The molecule has 0 aliphatic rings. The number of ether oxygens (including phenoxy) is 2. The molecule has 4 nitrogen and oxygen atoms in total. The molecule has 0 unspecified atom stereocenters. The van der Waals surface area contributed by atoms with Gasteiger partial charge >= 0.3 is 0 Å². The van der Waals surface area contributed by atoms with Crippen LogP contribution < -0.4 is 14.8 Å². The second kappa shape index (κ2) is 7.36. The maximum absolute atomic E-state index is 5.56. The molecule has 0 aliphatic heterocycles. The van der Waals surface area contributed by atoms with E-state index in [1.165, 1.54) is 5.56 Å². The SMILES string of the molecule is CNCCN(C)Cc1cc(OC)c(C)c(C)c1OC. The Bertz CT molecular complexity index is 419. The van der Waals surface area contributed by atoms with Crippen molar-refractivity contribution < 1.29 is 9.47 Å². The van der Waals surface area contributed by atoms with Gasteiger partial charge in [0.2, 0.25) is 0 Å². The van der Waals surface area contributed by atoms with Gasteiger partial charge in [0.05, 0.1) is 14.2 Å². The van der Waals surface area contributed by atoms with Crippen LogP contribution in [0.2, 0.25) is 0 Å². The minimum absolute atomic E-state index is 0.850. The van der Waals surface area contributed by atoms with Gasteiger partial charge in [-0.1, -0.05) is 0 Å². The van der Waals surface area contributed by atoms with Gasteiger partial charge in [0.1, 0.15) is 11.5 Å². The predicted octanol–water partition coefficient (Wildman–Crippen LogP) is 1.97. The van der Waals surface area contributed by atoms with Crippen LogP contribution in [-0.2, 0) is 6.54 Å². The van der Waals surface area contributed by atoms with Gasteiger partial charge in [-0.05, 0) is 45.1 Å². The van der Waals surface area contributed by atoms with E-state index in [2.05, 4.69) is 37.2 Å². The first-order valence-corrected chi connectivity index (χ1v) is 6.59. The highest BCUT2D eigenvalue weighted by Gasteiger charge is 2.14. The van der Waals surface area contributed by atoms with Crippen molar-refractivity contribution in [1.82, 2.24) is 10.2 Å². The van der Waals surface area contributed by atoms with Crippen molar-refractivity contribution in [3.63, 3.8) is 0 Å². The summed E-state index contributed by atoms with van der Waals surface area (Å²) in [5.41, 5.74) is 3.46. The van der Waals surface area contributed by atoms with Gasteiger partial charge < -0.3 is 19.7 Å². The van der Waals surface area contributed by atoms with Gasteiger partial charge in [-0.25, -0.2) is 0 Å². The van der Waals surface area contributed by atoms with E-state index in [9.17, 15) is 0 Å². The van der Waals surface area contributed by atoms with Crippen molar-refractivity contribution in [2.75, 3.05) is 41.4 Å². The smallest absolute Gasteiger partial charge is 0.126 e. The zero-order valence-corrected chi connectivity index (χ0v) is 13.0. The minimum Gasteiger partial charge on any atom is -0.496 e. The molecule has 0 atom stereocenters. The van der Waals surface area contributed by atoms with Crippen LogP contribution in [0.5, 0.6) is 11.5 Å². The first kappa shape index (κ1) is 15.8. The fourth-order valence-corrected chi connectivity index (χ4v) is 2.21. The molecule has 4 heteroatoms. The molecular formula is C15H26N2O2. The second-order valence-corrected chi connectivity index (χ2v) is 4.86. The topological polar surface area (TPSA) is 33.7 Å². The van der Waals surface area contributed by atoms with E-state index in [4.69, 9.17) is 9.47 Å². The Morgan fingerprint density at radius 2 is 1.84 bits per heavy atom. The first-order valence-electron chi connectivity index (χ1n) is 6.59. The zero-order valence-electron chi connectivity index (χ0n) is 13.0. The molecule has 0 saturated carbocycles. The first-order chi connectivity index (χ1) is 9.04. The molecule has 1 rings (SSSR count). The van der Waals surface area contributed by atoms with Crippen molar-refractivity contribution in [1.29, 1.82) is 0 Å². The lowest BCUT2D eigenvalue weighted by Crippen LogP contribution is -2.27. The number of methoxy groups -OCH3 is 2. The summed E-state index contributed by atoms with van der Waals surface area (Å²) in [5.74, 6) is 1.89. The monoisotopic (exact) mass is 266 g/mol. The van der Waals surface area contributed by atoms with Crippen molar-refractivity contribution in [2.45, 2.75) is 20.4 Å². The van der Waals surface area contributed by atoms with Crippen LogP contribution in [0.3, 0.4) is 0 Å². The van der Waals surface area contributed by atoms with Crippen LogP contribution in [0.1, 0.15) is 16.7 Å². The summed E-state index contributed by atoms with van der Waals surface area (Å²) in [6.45, 7) is 6.96. The number of hydrogen-bond donors (Lipinski definition) is 1. The third kappa shape index (κ3) is 3.85. The van der Waals surface area contributed by atoms with E-state index in [-0.39, 0.29) is 0 Å².